The highest BCUT2D eigenvalue weighted by Crippen LogP contribution is 2.36. The largest absolute Gasteiger partial charge is 0.348 e. The van der Waals surface area contributed by atoms with E-state index < -0.39 is 0 Å². The SMILES string of the molecule is CCn1c(SCC(=O)NC2CCSc3ccccc32)nnc1-c1cccs1. The van der Waals surface area contributed by atoms with E-state index in [1.807, 2.05) is 35.3 Å². The molecule has 1 aromatic carbocycles. The summed E-state index contributed by atoms with van der Waals surface area (Å²) in [5.74, 6) is 2.28. The maximum Gasteiger partial charge on any atom is 0.230 e. The molecular weight excluding hydrogens is 396 g/mol. The highest BCUT2D eigenvalue weighted by molar-refractivity contribution is 7.99. The number of hydrogen-bond donors (Lipinski definition) is 1. The first-order valence-corrected chi connectivity index (χ1v) is 11.7. The molecule has 1 aliphatic rings. The molecule has 1 aliphatic heterocycles. The fourth-order valence-corrected chi connectivity index (χ4v) is 5.78. The molecule has 0 bridgehead atoms. The fraction of sp³-hybridized carbons (Fsp3) is 0.316. The Kier molecular flexibility index (Phi) is 5.85. The summed E-state index contributed by atoms with van der Waals surface area (Å²) in [5.41, 5.74) is 1.23. The lowest BCUT2D eigenvalue weighted by Crippen LogP contribution is -2.31. The van der Waals surface area contributed by atoms with Gasteiger partial charge in [-0.1, -0.05) is 36.0 Å². The Labute approximate surface area is 171 Å². The zero-order valence-corrected chi connectivity index (χ0v) is 17.4. The number of amides is 1. The van der Waals surface area contributed by atoms with Crippen LogP contribution in [0.4, 0.5) is 0 Å². The van der Waals surface area contributed by atoms with Gasteiger partial charge in [0, 0.05) is 17.2 Å². The van der Waals surface area contributed by atoms with E-state index in [9.17, 15) is 4.79 Å². The minimum atomic E-state index is 0.0371. The van der Waals surface area contributed by atoms with E-state index in [0.717, 1.165) is 34.6 Å². The normalized spacial score (nSPS) is 16.1. The molecule has 0 saturated heterocycles. The van der Waals surface area contributed by atoms with Gasteiger partial charge >= 0.3 is 0 Å². The number of hydrogen-bond acceptors (Lipinski definition) is 6. The lowest BCUT2D eigenvalue weighted by atomic mass is 10.0. The van der Waals surface area contributed by atoms with Crippen molar-refractivity contribution in [3.8, 4) is 10.7 Å². The molecule has 5 nitrogen and oxygen atoms in total. The van der Waals surface area contributed by atoms with Gasteiger partial charge in [0.2, 0.25) is 5.91 Å². The van der Waals surface area contributed by atoms with E-state index in [1.165, 1.54) is 22.2 Å². The van der Waals surface area contributed by atoms with Crippen LogP contribution in [-0.2, 0) is 11.3 Å². The second-order valence-corrected chi connectivity index (χ2v) is 9.14. The van der Waals surface area contributed by atoms with Crippen LogP contribution in [0.15, 0.2) is 51.8 Å². The Morgan fingerprint density at radius 3 is 3.00 bits per heavy atom. The average molecular weight is 417 g/mol. The number of carbonyl (C=O) groups is 1. The van der Waals surface area contributed by atoms with E-state index >= 15 is 0 Å². The van der Waals surface area contributed by atoms with Crippen molar-refractivity contribution in [3.63, 3.8) is 0 Å². The van der Waals surface area contributed by atoms with Crippen LogP contribution in [0.3, 0.4) is 0 Å². The molecule has 1 atom stereocenters. The molecule has 3 heterocycles. The highest BCUT2D eigenvalue weighted by Gasteiger charge is 2.22. The smallest absolute Gasteiger partial charge is 0.230 e. The van der Waals surface area contributed by atoms with E-state index in [2.05, 4.69) is 45.2 Å². The molecule has 1 amide bonds. The molecule has 140 valence electrons. The number of thiophene rings is 1. The number of fused-ring (bicyclic) bond motifs is 1. The van der Waals surface area contributed by atoms with Gasteiger partial charge in [-0.3, -0.25) is 4.79 Å². The van der Waals surface area contributed by atoms with Crippen molar-refractivity contribution in [1.29, 1.82) is 0 Å². The number of carbonyl (C=O) groups excluding carboxylic acids is 1. The summed E-state index contributed by atoms with van der Waals surface area (Å²) in [6.45, 7) is 2.85. The monoisotopic (exact) mass is 416 g/mol. The molecular formula is C19H20N4OS3. The number of aromatic nitrogens is 3. The summed E-state index contributed by atoms with van der Waals surface area (Å²) in [7, 11) is 0. The van der Waals surface area contributed by atoms with E-state index in [1.54, 1.807) is 11.3 Å². The van der Waals surface area contributed by atoms with Crippen molar-refractivity contribution in [3.05, 3.63) is 47.3 Å². The third-order valence-corrected chi connectivity index (χ3v) is 7.36. The third kappa shape index (κ3) is 4.07. The zero-order chi connectivity index (χ0) is 18.6. The summed E-state index contributed by atoms with van der Waals surface area (Å²) in [4.78, 5) is 14.9. The average Bonchev–Trinajstić information content (AvgIpc) is 3.36. The van der Waals surface area contributed by atoms with Crippen molar-refractivity contribution in [1.82, 2.24) is 20.1 Å². The van der Waals surface area contributed by atoms with Crippen molar-refractivity contribution >= 4 is 40.8 Å². The second-order valence-electron chi connectivity index (χ2n) is 6.11. The molecule has 1 N–H and O–H groups in total. The van der Waals surface area contributed by atoms with Gasteiger partial charge in [0.05, 0.1) is 16.7 Å². The van der Waals surface area contributed by atoms with Gasteiger partial charge in [0.25, 0.3) is 0 Å². The first kappa shape index (κ1) is 18.6. The van der Waals surface area contributed by atoms with Gasteiger partial charge in [0.1, 0.15) is 0 Å². The number of nitrogens with zero attached hydrogens (tertiary/aromatic N) is 3. The quantitative estimate of drug-likeness (QED) is 0.601. The Morgan fingerprint density at radius 1 is 1.30 bits per heavy atom. The highest BCUT2D eigenvalue weighted by atomic mass is 32.2. The van der Waals surface area contributed by atoms with Crippen LogP contribution < -0.4 is 5.32 Å². The molecule has 0 fully saturated rings. The Bertz CT molecular complexity index is 923. The van der Waals surface area contributed by atoms with Crippen LogP contribution in [0.2, 0.25) is 0 Å². The molecule has 27 heavy (non-hydrogen) atoms. The molecule has 0 saturated carbocycles. The first-order chi connectivity index (χ1) is 13.3. The van der Waals surface area contributed by atoms with Crippen LogP contribution >= 0.6 is 34.9 Å². The molecule has 3 aromatic rings. The van der Waals surface area contributed by atoms with E-state index in [0.29, 0.717) is 5.75 Å². The molecule has 4 rings (SSSR count). The Morgan fingerprint density at radius 2 is 2.19 bits per heavy atom. The van der Waals surface area contributed by atoms with Crippen LogP contribution in [0.25, 0.3) is 10.7 Å². The summed E-state index contributed by atoms with van der Waals surface area (Å²) in [6.07, 6.45) is 0.964. The second kappa shape index (κ2) is 8.50. The summed E-state index contributed by atoms with van der Waals surface area (Å²) >= 11 is 4.95. The van der Waals surface area contributed by atoms with Gasteiger partial charge in [-0.15, -0.1) is 33.3 Å². The van der Waals surface area contributed by atoms with Crippen molar-refractivity contribution in [2.75, 3.05) is 11.5 Å². The standard InChI is InChI=1S/C19H20N4OS3/c1-2-23-18(16-8-5-10-25-16)21-22-19(23)27-12-17(24)20-14-9-11-26-15-7-4-3-6-13(14)15/h3-8,10,14H,2,9,11-12H2,1H3,(H,20,24). The fourth-order valence-electron chi connectivity index (χ4n) is 3.13. The minimum Gasteiger partial charge on any atom is -0.348 e. The van der Waals surface area contributed by atoms with Crippen molar-refractivity contribution in [2.45, 2.75) is 36.0 Å². The van der Waals surface area contributed by atoms with Crippen LogP contribution in [0, 0.1) is 0 Å². The number of nitrogens with one attached hydrogen (secondary N) is 1. The summed E-state index contributed by atoms with van der Waals surface area (Å²) in [5, 5.41) is 14.6. The van der Waals surface area contributed by atoms with Gasteiger partial charge in [-0.2, -0.15) is 0 Å². The Hall–Kier alpha value is -1.77. The van der Waals surface area contributed by atoms with Gasteiger partial charge in [0.15, 0.2) is 11.0 Å². The van der Waals surface area contributed by atoms with Crippen LogP contribution in [-0.4, -0.2) is 32.2 Å². The van der Waals surface area contributed by atoms with E-state index in [4.69, 9.17) is 0 Å². The maximum absolute atomic E-state index is 12.5. The topological polar surface area (TPSA) is 59.8 Å². The van der Waals surface area contributed by atoms with Crippen molar-refractivity contribution in [2.24, 2.45) is 0 Å². The minimum absolute atomic E-state index is 0.0371. The predicted octanol–water partition coefficient (Wildman–Crippen LogP) is 4.47. The molecule has 0 spiro atoms. The van der Waals surface area contributed by atoms with Crippen molar-refractivity contribution < 1.29 is 4.79 Å². The molecule has 0 radical (unpaired) electrons. The zero-order valence-electron chi connectivity index (χ0n) is 14.9. The molecule has 0 aliphatic carbocycles. The number of benzene rings is 1. The van der Waals surface area contributed by atoms with Gasteiger partial charge < -0.3 is 9.88 Å². The summed E-state index contributed by atoms with van der Waals surface area (Å²) in [6, 6.07) is 12.5. The molecule has 2 aromatic heterocycles. The van der Waals surface area contributed by atoms with Gasteiger partial charge in [-0.25, -0.2) is 0 Å². The number of thioether (sulfide) groups is 2. The third-order valence-electron chi connectivity index (χ3n) is 4.40. The van der Waals surface area contributed by atoms with Gasteiger partial charge in [-0.05, 0) is 36.4 Å². The lowest BCUT2D eigenvalue weighted by molar-refractivity contribution is -0.119. The maximum atomic E-state index is 12.5. The lowest BCUT2D eigenvalue weighted by Gasteiger charge is -2.25. The van der Waals surface area contributed by atoms with Crippen LogP contribution in [0.5, 0.6) is 0 Å². The van der Waals surface area contributed by atoms with Crippen LogP contribution in [0.1, 0.15) is 24.9 Å². The van der Waals surface area contributed by atoms with E-state index in [-0.39, 0.29) is 11.9 Å². The Balaban J connectivity index is 1.41. The molecule has 1 unspecified atom stereocenters. The first-order valence-electron chi connectivity index (χ1n) is 8.87. The predicted molar refractivity (Wildman–Crippen MR) is 112 cm³/mol. The molecule has 8 heteroatoms. The summed E-state index contributed by atoms with van der Waals surface area (Å²) < 4.78 is 2.07. The number of rotatable bonds is 6.